The molecule has 0 aliphatic heterocycles. The van der Waals surface area contributed by atoms with Crippen LogP contribution in [-0.2, 0) is 16.1 Å². The number of nitrogens with one attached hydrogen (secondary N) is 1. The van der Waals surface area contributed by atoms with E-state index < -0.39 is 0 Å². The number of hydrogen-bond acceptors (Lipinski definition) is 2. The number of aryl methyl sites for hydroxylation is 2. The second-order valence-corrected chi connectivity index (χ2v) is 3.57. The number of hydroxylamine groups is 1. The monoisotopic (exact) mass is 207 g/mol. The Bertz CT molecular complexity index is 323. The third kappa shape index (κ3) is 4.61. The van der Waals surface area contributed by atoms with Gasteiger partial charge < -0.3 is 0 Å². The highest BCUT2D eigenvalue weighted by molar-refractivity contribution is 5.74. The first-order chi connectivity index (χ1) is 7.22. The Hall–Kier alpha value is -1.35. The number of hydrogen-bond donors (Lipinski definition) is 1. The predicted molar refractivity (Wildman–Crippen MR) is 59.3 cm³/mol. The molecule has 0 atom stereocenters. The maximum atomic E-state index is 11.1. The summed E-state index contributed by atoms with van der Waals surface area (Å²) in [6, 6.07) is 8.34. The van der Waals surface area contributed by atoms with Crippen LogP contribution in [0.1, 0.15) is 24.0 Å². The summed E-state index contributed by atoms with van der Waals surface area (Å²) in [5, 5.41) is 0. The van der Waals surface area contributed by atoms with Crippen molar-refractivity contribution < 1.29 is 9.63 Å². The molecule has 3 heteroatoms. The molecule has 0 fully saturated rings. The van der Waals surface area contributed by atoms with Crippen molar-refractivity contribution in [3.05, 3.63) is 35.4 Å². The molecule has 1 amide bonds. The Morgan fingerprint density at radius 2 is 2.27 bits per heavy atom. The lowest BCUT2D eigenvalue weighted by molar-refractivity contribution is -0.131. The molecule has 0 aliphatic rings. The van der Waals surface area contributed by atoms with E-state index in [2.05, 4.69) is 35.4 Å². The van der Waals surface area contributed by atoms with Gasteiger partial charge in [0.25, 0.3) is 0 Å². The zero-order valence-corrected chi connectivity index (χ0v) is 9.25. The topological polar surface area (TPSA) is 38.3 Å². The smallest absolute Gasteiger partial charge is 0.243 e. The molecule has 0 spiro atoms. The Kier molecular flexibility index (Phi) is 4.84. The number of carbonyl (C=O) groups excluding carboxylic acids is 1. The average Bonchev–Trinajstić information content (AvgIpc) is 2.18. The van der Waals surface area contributed by atoms with Gasteiger partial charge in [0.2, 0.25) is 5.91 Å². The molecule has 1 aromatic carbocycles. The molecule has 0 heterocycles. The van der Waals surface area contributed by atoms with Crippen LogP contribution in [0.4, 0.5) is 0 Å². The maximum absolute atomic E-state index is 11.1. The lowest BCUT2D eigenvalue weighted by atomic mass is 10.1. The van der Waals surface area contributed by atoms with Crippen LogP contribution in [0.25, 0.3) is 0 Å². The minimum absolute atomic E-state index is 0.0647. The van der Waals surface area contributed by atoms with Gasteiger partial charge in [-0.25, -0.2) is 5.48 Å². The van der Waals surface area contributed by atoms with Gasteiger partial charge in [0.05, 0.1) is 7.11 Å². The SMILES string of the molecule is CONC(=O)CCCc1cccc(C)c1. The number of amides is 1. The van der Waals surface area contributed by atoms with Crippen molar-refractivity contribution in [2.24, 2.45) is 0 Å². The van der Waals surface area contributed by atoms with E-state index in [1.54, 1.807) is 0 Å². The largest absolute Gasteiger partial charge is 0.277 e. The molecule has 1 aromatic rings. The quantitative estimate of drug-likeness (QED) is 0.750. The summed E-state index contributed by atoms with van der Waals surface area (Å²) in [4.78, 5) is 15.6. The molecule has 0 unspecified atom stereocenters. The highest BCUT2D eigenvalue weighted by Crippen LogP contribution is 2.07. The van der Waals surface area contributed by atoms with E-state index in [0.717, 1.165) is 12.8 Å². The summed E-state index contributed by atoms with van der Waals surface area (Å²) in [7, 11) is 1.44. The van der Waals surface area contributed by atoms with Crippen LogP contribution in [0, 0.1) is 6.92 Å². The molecule has 0 saturated heterocycles. The summed E-state index contributed by atoms with van der Waals surface area (Å²) >= 11 is 0. The van der Waals surface area contributed by atoms with Crippen molar-refractivity contribution in [1.29, 1.82) is 0 Å². The summed E-state index contributed by atoms with van der Waals surface area (Å²) in [6.45, 7) is 2.07. The van der Waals surface area contributed by atoms with Crippen LogP contribution in [-0.4, -0.2) is 13.0 Å². The number of carbonyl (C=O) groups is 1. The first-order valence-corrected chi connectivity index (χ1v) is 5.09. The van der Waals surface area contributed by atoms with Crippen molar-refractivity contribution in [3.63, 3.8) is 0 Å². The molecule has 0 radical (unpaired) electrons. The van der Waals surface area contributed by atoms with E-state index in [9.17, 15) is 4.79 Å². The van der Waals surface area contributed by atoms with Crippen LogP contribution in [0.15, 0.2) is 24.3 Å². The van der Waals surface area contributed by atoms with Gasteiger partial charge in [0, 0.05) is 6.42 Å². The van der Waals surface area contributed by atoms with Crippen LogP contribution in [0.5, 0.6) is 0 Å². The summed E-state index contributed by atoms with van der Waals surface area (Å²) in [6.07, 6.45) is 2.28. The predicted octanol–water partition coefficient (Wildman–Crippen LogP) is 2.00. The van der Waals surface area contributed by atoms with Gasteiger partial charge in [-0.2, -0.15) is 0 Å². The van der Waals surface area contributed by atoms with Crippen molar-refractivity contribution in [1.82, 2.24) is 5.48 Å². The standard InChI is InChI=1S/C12H17NO2/c1-10-5-3-6-11(9-10)7-4-8-12(14)13-15-2/h3,5-6,9H,4,7-8H2,1-2H3,(H,13,14). The van der Waals surface area contributed by atoms with Gasteiger partial charge in [-0.3, -0.25) is 9.63 Å². The second kappa shape index (κ2) is 6.19. The van der Waals surface area contributed by atoms with Gasteiger partial charge in [0.1, 0.15) is 0 Å². The molecule has 3 nitrogen and oxygen atoms in total. The zero-order valence-electron chi connectivity index (χ0n) is 9.25. The van der Waals surface area contributed by atoms with Crippen molar-refractivity contribution in [2.45, 2.75) is 26.2 Å². The Morgan fingerprint density at radius 1 is 1.47 bits per heavy atom. The summed E-state index contributed by atoms with van der Waals surface area (Å²) in [5.41, 5.74) is 4.84. The molecular formula is C12H17NO2. The molecule has 1 rings (SSSR count). The van der Waals surface area contributed by atoms with Gasteiger partial charge in [-0.1, -0.05) is 29.8 Å². The maximum Gasteiger partial charge on any atom is 0.243 e. The second-order valence-electron chi connectivity index (χ2n) is 3.57. The molecule has 1 N–H and O–H groups in total. The van der Waals surface area contributed by atoms with Gasteiger partial charge in [-0.15, -0.1) is 0 Å². The molecule has 0 bridgehead atoms. The van der Waals surface area contributed by atoms with Crippen LogP contribution < -0.4 is 5.48 Å². The van der Waals surface area contributed by atoms with Gasteiger partial charge in [-0.05, 0) is 25.3 Å². The first kappa shape index (κ1) is 11.7. The highest BCUT2D eigenvalue weighted by atomic mass is 16.6. The van der Waals surface area contributed by atoms with Crippen molar-refractivity contribution >= 4 is 5.91 Å². The van der Waals surface area contributed by atoms with Gasteiger partial charge in [0.15, 0.2) is 0 Å². The fraction of sp³-hybridized carbons (Fsp3) is 0.417. The minimum Gasteiger partial charge on any atom is -0.277 e. The van der Waals surface area contributed by atoms with E-state index >= 15 is 0 Å². The Labute approximate surface area is 90.4 Å². The van der Waals surface area contributed by atoms with Crippen LogP contribution >= 0.6 is 0 Å². The third-order valence-corrected chi connectivity index (χ3v) is 2.17. The highest BCUT2D eigenvalue weighted by Gasteiger charge is 2.00. The molecule has 15 heavy (non-hydrogen) atoms. The number of rotatable bonds is 5. The average molecular weight is 207 g/mol. The summed E-state index contributed by atoms with van der Waals surface area (Å²) < 4.78 is 0. The van der Waals surface area contributed by atoms with E-state index in [0.29, 0.717) is 6.42 Å². The van der Waals surface area contributed by atoms with E-state index in [1.165, 1.54) is 18.2 Å². The lowest BCUT2D eigenvalue weighted by Gasteiger charge is -2.03. The van der Waals surface area contributed by atoms with E-state index in [4.69, 9.17) is 0 Å². The van der Waals surface area contributed by atoms with Gasteiger partial charge >= 0.3 is 0 Å². The normalized spacial score (nSPS) is 10.0. The fourth-order valence-corrected chi connectivity index (χ4v) is 1.49. The zero-order chi connectivity index (χ0) is 11.1. The fourth-order valence-electron chi connectivity index (χ4n) is 1.49. The minimum atomic E-state index is -0.0647. The summed E-state index contributed by atoms with van der Waals surface area (Å²) in [5.74, 6) is -0.0647. The Balaban J connectivity index is 2.28. The first-order valence-electron chi connectivity index (χ1n) is 5.09. The third-order valence-electron chi connectivity index (χ3n) is 2.17. The van der Waals surface area contributed by atoms with E-state index in [-0.39, 0.29) is 5.91 Å². The molecule has 82 valence electrons. The number of benzene rings is 1. The molecule has 0 saturated carbocycles. The van der Waals surface area contributed by atoms with Crippen LogP contribution in [0.3, 0.4) is 0 Å². The van der Waals surface area contributed by atoms with E-state index in [1.807, 2.05) is 6.07 Å². The van der Waals surface area contributed by atoms with Crippen molar-refractivity contribution in [2.75, 3.05) is 7.11 Å². The lowest BCUT2D eigenvalue weighted by Crippen LogP contribution is -2.21. The van der Waals surface area contributed by atoms with Crippen molar-refractivity contribution in [3.8, 4) is 0 Å². The Morgan fingerprint density at radius 3 is 2.93 bits per heavy atom. The molecule has 0 aliphatic carbocycles. The molecule has 0 aromatic heterocycles. The van der Waals surface area contributed by atoms with Crippen LogP contribution in [0.2, 0.25) is 0 Å². The molecular weight excluding hydrogens is 190 g/mol.